The van der Waals surface area contributed by atoms with Crippen LogP contribution in [0.1, 0.15) is 13.3 Å². The molecule has 0 spiro atoms. The zero-order chi connectivity index (χ0) is 8.69. The van der Waals surface area contributed by atoms with Crippen molar-refractivity contribution < 1.29 is 14.2 Å². The van der Waals surface area contributed by atoms with Gasteiger partial charge in [0.15, 0.2) is 12.2 Å². The van der Waals surface area contributed by atoms with Crippen LogP contribution in [0.4, 0.5) is 0 Å². The molecule has 0 aliphatic rings. The Balaban J connectivity index is 3.54. The van der Waals surface area contributed by atoms with Crippen LogP contribution in [0.3, 0.4) is 0 Å². The van der Waals surface area contributed by atoms with Gasteiger partial charge in [-0.2, -0.15) is 0 Å². The number of nitrogens with one attached hydrogen (secondary N) is 1. The molecule has 1 N–H and O–H groups in total. The molecule has 0 atom stereocenters. The van der Waals surface area contributed by atoms with Gasteiger partial charge in [0.25, 0.3) is 0 Å². The van der Waals surface area contributed by atoms with Crippen molar-refractivity contribution in [2.75, 3.05) is 20.8 Å². The predicted octanol–water partition coefficient (Wildman–Crippen LogP) is 1.01. The van der Waals surface area contributed by atoms with Crippen LogP contribution in [0, 0.1) is 5.41 Å². The van der Waals surface area contributed by atoms with E-state index in [-0.39, 0.29) is 12.2 Å². The van der Waals surface area contributed by atoms with E-state index >= 15 is 0 Å². The monoisotopic (exact) mass is 161 g/mol. The van der Waals surface area contributed by atoms with E-state index in [1.165, 1.54) is 14.2 Å². The fraction of sp³-hybridized carbons (Fsp3) is 0.857. The van der Waals surface area contributed by atoms with E-state index in [4.69, 9.17) is 19.6 Å². The van der Waals surface area contributed by atoms with Gasteiger partial charge < -0.3 is 14.2 Å². The highest BCUT2D eigenvalue weighted by Crippen LogP contribution is 1.99. The second-order valence-corrected chi connectivity index (χ2v) is 1.96. The molecule has 4 heteroatoms. The van der Waals surface area contributed by atoms with Crippen LogP contribution in [0.5, 0.6) is 0 Å². The first-order chi connectivity index (χ1) is 5.24. The maximum absolute atomic E-state index is 7.24. The molecule has 4 nitrogen and oxygen atoms in total. The van der Waals surface area contributed by atoms with Gasteiger partial charge in [-0.1, -0.05) is 0 Å². The largest absolute Gasteiger partial charge is 0.481 e. The molecule has 11 heavy (non-hydrogen) atoms. The van der Waals surface area contributed by atoms with Gasteiger partial charge in [0.05, 0.1) is 13.0 Å². The van der Waals surface area contributed by atoms with Gasteiger partial charge >= 0.3 is 0 Å². The van der Waals surface area contributed by atoms with Gasteiger partial charge in [0.1, 0.15) is 0 Å². The third kappa shape index (κ3) is 4.75. The van der Waals surface area contributed by atoms with Crippen molar-refractivity contribution in [1.29, 1.82) is 5.41 Å². The standard InChI is InChI=1S/C7H15NO3/c1-4-11-6(8)5-7(9-2)10-3/h7-8H,4-5H2,1-3H3. The van der Waals surface area contributed by atoms with Crippen molar-refractivity contribution in [1.82, 2.24) is 0 Å². The van der Waals surface area contributed by atoms with E-state index in [2.05, 4.69) is 0 Å². The first kappa shape index (κ1) is 10.4. The Morgan fingerprint density at radius 3 is 2.27 bits per heavy atom. The molecule has 0 amide bonds. The van der Waals surface area contributed by atoms with Crippen LogP contribution in [-0.4, -0.2) is 33.0 Å². The number of hydrogen-bond donors (Lipinski definition) is 1. The van der Waals surface area contributed by atoms with Crippen molar-refractivity contribution in [3.05, 3.63) is 0 Å². The quantitative estimate of drug-likeness (QED) is 0.372. The zero-order valence-electron chi connectivity index (χ0n) is 7.22. The van der Waals surface area contributed by atoms with Crippen molar-refractivity contribution in [3.63, 3.8) is 0 Å². The summed E-state index contributed by atoms with van der Waals surface area (Å²) >= 11 is 0. The molecule has 0 aromatic carbocycles. The second kappa shape index (κ2) is 6.12. The summed E-state index contributed by atoms with van der Waals surface area (Å²) in [5.74, 6) is 0.196. The summed E-state index contributed by atoms with van der Waals surface area (Å²) in [6.07, 6.45) is -0.00468. The van der Waals surface area contributed by atoms with E-state index in [0.29, 0.717) is 13.0 Å². The van der Waals surface area contributed by atoms with Crippen LogP contribution in [0.25, 0.3) is 0 Å². The average Bonchev–Trinajstić information content (AvgIpc) is 2.01. The maximum Gasteiger partial charge on any atom is 0.185 e. The third-order valence-corrected chi connectivity index (χ3v) is 1.20. The molecule has 0 fully saturated rings. The zero-order valence-corrected chi connectivity index (χ0v) is 7.22. The highest BCUT2D eigenvalue weighted by Gasteiger charge is 2.08. The van der Waals surface area contributed by atoms with Gasteiger partial charge in [-0.3, -0.25) is 5.41 Å². The first-order valence-corrected chi connectivity index (χ1v) is 3.50. The van der Waals surface area contributed by atoms with Gasteiger partial charge in [-0.05, 0) is 6.92 Å². The highest BCUT2D eigenvalue weighted by atomic mass is 16.7. The second-order valence-electron chi connectivity index (χ2n) is 1.96. The summed E-state index contributed by atoms with van der Waals surface area (Å²) in [6.45, 7) is 2.35. The number of hydrogen-bond acceptors (Lipinski definition) is 4. The summed E-state index contributed by atoms with van der Waals surface area (Å²) in [5.41, 5.74) is 0. The number of rotatable bonds is 5. The topological polar surface area (TPSA) is 51.5 Å². The van der Waals surface area contributed by atoms with E-state index in [1.807, 2.05) is 6.92 Å². The molecule has 66 valence electrons. The molecular formula is C7H15NO3. The lowest BCUT2D eigenvalue weighted by Crippen LogP contribution is -2.19. The summed E-state index contributed by atoms with van der Waals surface area (Å²) in [6, 6.07) is 0. The van der Waals surface area contributed by atoms with Crippen molar-refractivity contribution in [2.45, 2.75) is 19.6 Å². The van der Waals surface area contributed by atoms with Gasteiger partial charge in [-0.25, -0.2) is 0 Å². The number of ether oxygens (including phenoxy) is 3. The Morgan fingerprint density at radius 2 is 1.91 bits per heavy atom. The average molecular weight is 161 g/mol. The molecule has 0 aromatic rings. The lowest BCUT2D eigenvalue weighted by atomic mass is 10.4. The van der Waals surface area contributed by atoms with Crippen LogP contribution < -0.4 is 0 Å². The van der Waals surface area contributed by atoms with Crippen molar-refractivity contribution >= 4 is 5.90 Å². The Bertz CT molecular complexity index is 112. The van der Waals surface area contributed by atoms with E-state index in [0.717, 1.165) is 0 Å². The minimum absolute atomic E-state index is 0.196. The SMILES string of the molecule is CCOC(=N)CC(OC)OC. The van der Waals surface area contributed by atoms with Crippen LogP contribution in [0.15, 0.2) is 0 Å². The molecule has 0 heterocycles. The van der Waals surface area contributed by atoms with Gasteiger partial charge in [0.2, 0.25) is 0 Å². The van der Waals surface area contributed by atoms with Gasteiger partial charge in [-0.15, -0.1) is 0 Å². The fourth-order valence-corrected chi connectivity index (χ4v) is 0.647. The summed E-state index contributed by atoms with van der Waals surface area (Å²) < 4.78 is 14.6. The smallest absolute Gasteiger partial charge is 0.185 e. The first-order valence-electron chi connectivity index (χ1n) is 3.50. The lowest BCUT2D eigenvalue weighted by Gasteiger charge is -2.13. The van der Waals surface area contributed by atoms with Crippen LogP contribution in [0.2, 0.25) is 0 Å². The maximum atomic E-state index is 7.24. The molecule has 0 aliphatic carbocycles. The summed E-state index contributed by atoms with van der Waals surface area (Å²) in [7, 11) is 3.07. The van der Waals surface area contributed by atoms with Gasteiger partial charge in [0, 0.05) is 14.2 Å². The minimum atomic E-state index is -0.367. The van der Waals surface area contributed by atoms with Crippen molar-refractivity contribution in [2.24, 2.45) is 0 Å². The molecule has 0 unspecified atom stereocenters. The Hall–Kier alpha value is -0.610. The third-order valence-electron chi connectivity index (χ3n) is 1.20. The summed E-state index contributed by atoms with van der Waals surface area (Å²) in [5, 5.41) is 7.24. The fourth-order valence-electron chi connectivity index (χ4n) is 0.647. The molecule has 0 saturated carbocycles. The molecule has 0 rings (SSSR count). The molecule has 0 saturated heterocycles. The summed E-state index contributed by atoms with van der Waals surface area (Å²) in [4.78, 5) is 0. The molecular weight excluding hydrogens is 146 g/mol. The number of methoxy groups -OCH3 is 2. The predicted molar refractivity (Wildman–Crippen MR) is 41.8 cm³/mol. The van der Waals surface area contributed by atoms with E-state index in [9.17, 15) is 0 Å². The Kier molecular flexibility index (Phi) is 5.78. The van der Waals surface area contributed by atoms with E-state index < -0.39 is 0 Å². The van der Waals surface area contributed by atoms with Crippen LogP contribution in [-0.2, 0) is 14.2 Å². The Labute approximate surface area is 67.0 Å². The van der Waals surface area contributed by atoms with Crippen molar-refractivity contribution in [3.8, 4) is 0 Å². The highest BCUT2D eigenvalue weighted by molar-refractivity contribution is 5.72. The molecule has 0 aliphatic heterocycles. The normalized spacial score (nSPS) is 10.2. The molecule has 0 bridgehead atoms. The lowest BCUT2D eigenvalue weighted by molar-refractivity contribution is -0.0982. The Morgan fingerprint density at radius 1 is 1.36 bits per heavy atom. The van der Waals surface area contributed by atoms with E-state index in [1.54, 1.807) is 0 Å². The minimum Gasteiger partial charge on any atom is -0.481 e. The van der Waals surface area contributed by atoms with Crippen LogP contribution >= 0.6 is 0 Å². The molecule has 0 radical (unpaired) electrons. The molecule has 0 aromatic heterocycles.